The molecule has 2 aromatic rings. The third-order valence-corrected chi connectivity index (χ3v) is 5.59. The third-order valence-electron chi connectivity index (χ3n) is 3.58. The fourth-order valence-electron chi connectivity index (χ4n) is 2.51. The lowest BCUT2D eigenvalue weighted by Gasteiger charge is -2.10. The molecule has 0 amide bonds. The number of aromatic nitrogens is 2. The Labute approximate surface area is 138 Å². The lowest BCUT2D eigenvalue weighted by atomic mass is 10.1. The molecule has 1 aliphatic carbocycles. The van der Waals surface area contributed by atoms with Gasteiger partial charge in [-0.3, -0.25) is 0 Å². The van der Waals surface area contributed by atoms with Crippen LogP contribution in [-0.4, -0.2) is 16.5 Å². The Hall–Kier alpha value is -1.07. The van der Waals surface area contributed by atoms with Crippen molar-refractivity contribution in [2.45, 2.75) is 42.5 Å². The monoisotopic (exact) mass is 363 g/mol. The molecule has 1 aromatic heterocycles. The number of nitrogens with zero attached hydrogens (tertiary/aromatic N) is 2. The number of nitrogens with one attached hydrogen (secondary N) is 1. The molecule has 0 fully saturated rings. The minimum Gasteiger partial charge on any atom is -0.369 e. The highest BCUT2D eigenvalue weighted by Crippen LogP contribution is 2.36. The second-order valence-corrected chi connectivity index (χ2v) is 7.01. The van der Waals surface area contributed by atoms with E-state index in [1.807, 2.05) is 0 Å². The van der Waals surface area contributed by atoms with Crippen LogP contribution in [0.15, 0.2) is 38.9 Å². The highest BCUT2D eigenvalue weighted by Gasteiger charge is 2.13. The molecule has 0 radical (unpaired) electrons. The Bertz CT molecular complexity index is 645. The molecular weight excluding hydrogens is 346 g/mol. The van der Waals surface area contributed by atoms with E-state index in [-0.39, 0.29) is 0 Å². The molecule has 0 saturated heterocycles. The number of aryl methyl sites for hydroxylation is 2. The van der Waals surface area contributed by atoms with Gasteiger partial charge in [0.25, 0.3) is 0 Å². The van der Waals surface area contributed by atoms with Crippen molar-refractivity contribution in [3.63, 3.8) is 0 Å². The second-order valence-electron chi connectivity index (χ2n) is 5.15. The summed E-state index contributed by atoms with van der Waals surface area (Å²) in [5, 5.41) is 4.28. The number of anilines is 1. The Balaban J connectivity index is 1.81. The number of rotatable bonds is 5. The van der Waals surface area contributed by atoms with Gasteiger partial charge < -0.3 is 5.32 Å². The number of hydrogen-bond acceptors (Lipinski definition) is 4. The summed E-state index contributed by atoms with van der Waals surface area (Å²) in [6.07, 6.45) is 6.41. The first kappa shape index (κ1) is 14.9. The zero-order valence-corrected chi connectivity index (χ0v) is 14.4. The fourth-order valence-corrected chi connectivity index (χ4v) is 3.95. The first-order chi connectivity index (χ1) is 10.3. The molecule has 1 aromatic carbocycles. The minimum atomic E-state index is 0.871. The highest BCUT2D eigenvalue weighted by atomic mass is 79.9. The van der Waals surface area contributed by atoms with Crippen molar-refractivity contribution in [3.05, 3.63) is 40.1 Å². The highest BCUT2D eigenvalue weighted by molar-refractivity contribution is 9.10. The standard InChI is InChI=1S/C16H18BrN3S/c1-2-8-18-15-14(17)16(20-10-19-15)21-13-7-6-11-4-3-5-12(11)9-13/h6-7,9-10H,2-5,8H2,1H3,(H,18,19,20). The molecule has 0 unspecified atom stereocenters. The van der Waals surface area contributed by atoms with Gasteiger partial charge in [-0.05, 0) is 64.9 Å². The number of halogens is 1. The predicted octanol–water partition coefficient (Wildman–Crippen LogP) is 4.70. The van der Waals surface area contributed by atoms with E-state index in [0.717, 1.165) is 28.3 Å². The lowest BCUT2D eigenvalue weighted by Crippen LogP contribution is -2.03. The third kappa shape index (κ3) is 3.40. The molecule has 21 heavy (non-hydrogen) atoms. The average Bonchev–Trinajstić information content (AvgIpc) is 2.96. The average molecular weight is 364 g/mol. The zero-order chi connectivity index (χ0) is 14.7. The Morgan fingerprint density at radius 3 is 2.95 bits per heavy atom. The predicted molar refractivity (Wildman–Crippen MR) is 91.1 cm³/mol. The van der Waals surface area contributed by atoms with E-state index in [1.165, 1.54) is 35.3 Å². The number of benzene rings is 1. The molecule has 110 valence electrons. The molecule has 5 heteroatoms. The van der Waals surface area contributed by atoms with Crippen LogP contribution in [-0.2, 0) is 12.8 Å². The van der Waals surface area contributed by atoms with Gasteiger partial charge in [-0.15, -0.1) is 0 Å². The van der Waals surface area contributed by atoms with Crippen molar-refractivity contribution in [2.75, 3.05) is 11.9 Å². The maximum absolute atomic E-state index is 4.40. The van der Waals surface area contributed by atoms with Gasteiger partial charge in [0.1, 0.15) is 17.2 Å². The lowest BCUT2D eigenvalue weighted by molar-refractivity contribution is 0.911. The van der Waals surface area contributed by atoms with Crippen molar-refractivity contribution in [3.8, 4) is 0 Å². The summed E-state index contributed by atoms with van der Waals surface area (Å²) in [5.74, 6) is 0.871. The van der Waals surface area contributed by atoms with Crippen LogP contribution in [0, 0.1) is 0 Å². The van der Waals surface area contributed by atoms with Crippen molar-refractivity contribution in [1.29, 1.82) is 0 Å². The van der Waals surface area contributed by atoms with Crippen LogP contribution in [0.2, 0.25) is 0 Å². The molecule has 0 aliphatic heterocycles. The number of hydrogen-bond donors (Lipinski definition) is 1. The molecular formula is C16H18BrN3S. The normalized spacial score (nSPS) is 13.2. The Kier molecular flexibility index (Phi) is 4.80. The van der Waals surface area contributed by atoms with Crippen molar-refractivity contribution >= 4 is 33.5 Å². The first-order valence-corrected chi connectivity index (χ1v) is 8.93. The molecule has 1 N–H and O–H groups in total. The summed E-state index contributed by atoms with van der Waals surface area (Å²) in [4.78, 5) is 9.94. The Morgan fingerprint density at radius 1 is 1.24 bits per heavy atom. The van der Waals surface area contributed by atoms with Crippen LogP contribution >= 0.6 is 27.7 Å². The zero-order valence-electron chi connectivity index (χ0n) is 12.0. The fraction of sp³-hybridized carbons (Fsp3) is 0.375. The summed E-state index contributed by atoms with van der Waals surface area (Å²) < 4.78 is 0.948. The van der Waals surface area contributed by atoms with Gasteiger partial charge in [0.2, 0.25) is 0 Å². The van der Waals surface area contributed by atoms with E-state index >= 15 is 0 Å². The van der Waals surface area contributed by atoms with Crippen LogP contribution in [0.1, 0.15) is 30.9 Å². The van der Waals surface area contributed by atoms with Crippen LogP contribution < -0.4 is 5.32 Å². The van der Waals surface area contributed by atoms with E-state index in [9.17, 15) is 0 Å². The minimum absolute atomic E-state index is 0.871. The quantitative estimate of drug-likeness (QED) is 0.781. The first-order valence-electron chi connectivity index (χ1n) is 7.32. The van der Waals surface area contributed by atoms with Gasteiger partial charge in [-0.2, -0.15) is 0 Å². The van der Waals surface area contributed by atoms with E-state index in [4.69, 9.17) is 0 Å². The van der Waals surface area contributed by atoms with Crippen molar-refractivity contribution in [1.82, 2.24) is 9.97 Å². The summed E-state index contributed by atoms with van der Waals surface area (Å²) in [6.45, 7) is 3.06. The van der Waals surface area contributed by atoms with Gasteiger partial charge in [0.15, 0.2) is 0 Å². The molecule has 1 aliphatic rings. The van der Waals surface area contributed by atoms with Gasteiger partial charge >= 0.3 is 0 Å². The van der Waals surface area contributed by atoms with Gasteiger partial charge in [0.05, 0.1) is 4.47 Å². The molecule has 1 heterocycles. The van der Waals surface area contributed by atoms with E-state index < -0.39 is 0 Å². The van der Waals surface area contributed by atoms with E-state index in [0.29, 0.717) is 0 Å². The molecule has 0 spiro atoms. The van der Waals surface area contributed by atoms with Gasteiger partial charge in [-0.1, -0.05) is 24.8 Å². The van der Waals surface area contributed by atoms with Crippen LogP contribution in [0.4, 0.5) is 5.82 Å². The van der Waals surface area contributed by atoms with Crippen molar-refractivity contribution in [2.24, 2.45) is 0 Å². The van der Waals surface area contributed by atoms with E-state index in [1.54, 1.807) is 18.1 Å². The van der Waals surface area contributed by atoms with Crippen LogP contribution in [0.5, 0.6) is 0 Å². The smallest absolute Gasteiger partial charge is 0.144 e. The molecule has 3 rings (SSSR count). The molecule has 3 nitrogen and oxygen atoms in total. The maximum Gasteiger partial charge on any atom is 0.144 e. The van der Waals surface area contributed by atoms with Gasteiger partial charge in [0, 0.05) is 11.4 Å². The Morgan fingerprint density at radius 2 is 2.10 bits per heavy atom. The van der Waals surface area contributed by atoms with Crippen LogP contribution in [0.3, 0.4) is 0 Å². The van der Waals surface area contributed by atoms with E-state index in [2.05, 4.69) is 56.3 Å². The number of fused-ring (bicyclic) bond motifs is 1. The summed E-state index contributed by atoms with van der Waals surface area (Å²) >= 11 is 5.31. The topological polar surface area (TPSA) is 37.8 Å². The SMILES string of the molecule is CCCNc1ncnc(Sc2ccc3c(c2)CCC3)c1Br. The van der Waals surface area contributed by atoms with Crippen LogP contribution in [0.25, 0.3) is 0 Å². The summed E-state index contributed by atoms with van der Waals surface area (Å²) in [5.41, 5.74) is 3.00. The van der Waals surface area contributed by atoms with Gasteiger partial charge in [-0.25, -0.2) is 9.97 Å². The maximum atomic E-state index is 4.40. The molecule has 0 bridgehead atoms. The van der Waals surface area contributed by atoms with Crippen molar-refractivity contribution < 1.29 is 0 Å². The summed E-state index contributed by atoms with van der Waals surface area (Å²) in [7, 11) is 0. The molecule has 0 saturated carbocycles. The largest absolute Gasteiger partial charge is 0.369 e. The summed E-state index contributed by atoms with van der Waals surface area (Å²) in [6, 6.07) is 6.76. The second kappa shape index (κ2) is 6.79. The molecule has 0 atom stereocenters.